The van der Waals surface area contributed by atoms with Crippen LogP contribution in [0.1, 0.15) is 72.1 Å². The van der Waals surface area contributed by atoms with Crippen LogP contribution >= 0.6 is 0 Å². The van der Waals surface area contributed by atoms with Crippen molar-refractivity contribution in [3.8, 4) is 0 Å². The van der Waals surface area contributed by atoms with Gasteiger partial charge in [0.05, 0.1) is 0 Å². The molecule has 0 saturated heterocycles. The molecular weight excluding hydrogens is 232 g/mol. The zero-order valence-corrected chi connectivity index (χ0v) is 13.3. The molecule has 0 aromatic rings. The largest absolute Gasteiger partial charge is 0.326 e. The lowest BCUT2D eigenvalue weighted by Crippen LogP contribution is -2.61. The Labute approximate surface area is 120 Å². The predicted octanol–water partition coefficient (Wildman–Crippen LogP) is 3.79. The van der Waals surface area contributed by atoms with Gasteiger partial charge in [-0.1, -0.05) is 46.5 Å². The van der Waals surface area contributed by atoms with Crippen LogP contribution in [0.25, 0.3) is 0 Å². The number of hydrogen-bond acceptors (Lipinski definition) is 2. The van der Waals surface area contributed by atoms with E-state index >= 15 is 0 Å². The first kappa shape index (κ1) is 15.3. The Balaban J connectivity index is 2.13. The fraction of sp³-hybridized carbons (Fsp3) is 1.00. The molecule has 0 heterocycles. The topological polar surface area (TPSA) is 29.3 Å². The van der Waals surface area contributed by atoms with E-state index in [0.29, 0.717) is 11.6 Å². The lowest BCUT2D eigenvalue weighted by atomic mass is 9.71. The summed E-state index contributed by atoms with van der Waals surface area (Å²) in [5.41, 5.74) is 7.19. The summed E-state index contributed by atoms with van der Waals surface area (Å²) in [6.45, 7) is 9.34. The monoisotopic (exact) mass is 266 g/mol. The van der Waals surface area contributed by atoms with Crippen molar-refractivity contribution in [1.29, 1.82) is 0 Å². The van der Waals surface area contributed by atoms with E-state index in [9.17, 15) is 0 Å². The van der Waals surface area contributed by atoms with Crippen molar-refractivity contribution >= 4 is 0 Å². The molecule has 3 atom stereocenters. The zero-order valence-electron chi connectivity index (χ0n) is 13.3. The van der Waals surface area contributed by atoms with Crippen LogP contribution in [-0.4, -0.2) is 29.6 Å². The molecule has 2 heteroatoms. The maximum Gasteiger partial charge on any atom is 0.0362 e. The van der Waals surface area contributed by atoms with Gasteiger partial charge in [0, 0.05) is 11.6 Å². The van der Waals surface area contributed by atoms with Crippen molar-refractivity contribution in [3.63, 3.8) is 0 Å². The number of rotatable bonds is 5. The Morgan fingerprint density at radius 1 is 1.11 bits per heavy atom. The summed E-state index contributed by atoms with van der Waals surface area (Å²) in [4.78, 5) is 2.68. The fourth-order valence-electron chi connectivity index (χ4n) is 4.95. The Morgan fingerprint density at radius 3 is 2.26 bits per heavy atom. The average molecular weight is 266 g/mol. The molecule has 0 aromatic carbocycles. The van der Waals surface area contributed by atoms with Crippen molar-refractivity contribution in [1.82, 2.24) is 4.90 Å². The third-order valence-electron chi connectivity index (χ3n) is 5.97. The van der Waals surface area contributed by atoms with Crippen LogP contribution in [-0.2, 0) is 0 Å². The maximum atomic E-state index is 6.86. The van der Waals surface area contributed by atoms with Crippen molar-refractivity contribution in [2.24, 2.45) is 17.6 Å². The highest BCUT2D eigenvalue weighted by molar-refractivity contribution is 5.04. The van der Waals surface area contributed by atoms with Crippen LogP contribution in [0.3, 0.4) is 0 Å². The molecule has 0 aromatic heterocycles. The SMILES string of the molecule is CCN(CC)C1(C(N)C2CCCC(C)C2)CCCC1. The molecule has 112 valence electrons. The third-order valence-corrected chi connectivity index (χ3v) is 5.97. The van der Waals surface area contributed by atoms with Crippen LogP contribution in [0.15, 0.2) is 0 Å². The molecule has 2 aliphatic carbocycles. The van der Waals surface area contributed by atoms with Crippen LogP contribution in [0.5, 0.6) is 0 Å². The molecule has 2 N–H and O–H groups in total. The normalized spacial score (nSPS) is 32.7. The van der Waals surface area contributed by atoms with Gasteiger partial charge in [0.25, 0.3) is 0 Å². The predicted molar refractivity (Wildman–Crippen MR) is 83.2 cm³/mol. The molecule has 2 saturated carbocycles. The van der Waals surface area contributed by atoms with E-state index in [0.717, 1.165) is 24.9 Å². The van der Waals surface area contributed by atoms with Crippen LogP contribution < -0.4 is 5.73 Å². The summed E-state index contributed by atoms with van der Waals surface area (Å²) in [5, 5.41) is 0. The minimum atomic E-state index is 0.325. The molecule has 0 aliphatic heterocycles. The third kappa shape index (κ3) is 3.00. The van der Waals surface area contributed by atoms with Crippen molar-refractivity contribution in [2.45, 2.75) is 83.7 Å². The molecule has 19 heavy (non-hydrogen) atoms. The lowest BCUT2D eigenvalue weighted by molar-refractivity contribution is 0.0419. The summed E-state index contributed by atoms with van der Waals surface area (Å²) < 4.78 is 0. The molecule has 0 spiro atoms. The number of hydrogen-bond donors (Lipinski definition) is 1. The molecule has 2 rings (SSSR count). The highest BCUT2D eigenvalue weighted by Gasteiger charge is 2.46. The summed E-state index contributed by atoms with van der Waals surface area (Å²) in [6, 6.07) is 0.401. The van der Waals surface area contributed by atoms with Gasteiger partial charge < -0.3 is 5.73 Å². The second-order valence-corrected chi connectivity index (χ2v) is 7.04. The molecule has 2 nitrogen and oxygen atoms in total. The van der Waals surface area contributed by atoms with E-state index in [1.165, 1.54) is 51.4 Å². The lowest BCUT2D eigenvalue weighted by Gasteiger charge is -2.49. The number of nitrogens with zero attached hydrogens (tertiary/aromatic N) is 1. The molecule has 2 aliphatic rings. The van der Waals surface area contributed by atoms with E-state index < -0.39 is 0 Å². The number of nitrogens with two attached hydrogens (primary N) is 1. The zero-order chi connectivity index (χ0) is 13.9. The number of likely N-dealkylation sites (N-methyl/N-ethyl adjacent to an activating group) is 1. The van der Waals surface area contributed by atoms with Crippen molar-refractivity contribution < 1.29 is 0 Å². The Hall–Kier alpha value is -0.0800. The second-order valence-electron chi connectivity index (χ2n) is 7.04. The van der Waals surface area contributed by atoms with Crippen LogP contribution in [0.4, 0.5) is 0 Å². The standard InChI is InChI=1S/C17H34N2/c1-4-19(5-2)17(11-6-7-12-17)16(18)15-10-8-9-14(3)13-15/h14-16H,4-13,18H2,1-3H3. The summed E-state index contributed by atoms with van der Waals surface area (Å²) in [7, 11) is 0. The fourth-order valence-corrected chi connectivity index (χ4v) is 4.95. The first-order valence-electron chi connectivity index (χ1n) is 8.64. The second kappa shape index (κ2) is 6.58. The van der Waals surface area contributed by atoms with E-state index in [-0.39, 0.29) is 0 Å². The molecule has 0 bridgehead atoms. The van der Waals surface area contributed by atoms with Crippen molar-refractivity contribution in [2.75, 3.05) is 13.1 Å². The van der Waals surface area contributed by atoms with Gasteiger partial charge in [-0.3, -0.25) is 4.90 Å². The smallest absolute Gasteiger partial charge is 0.0362 e. The average Bonchev–Trinajstić information content (AvgIpc) is 2.90. The van der Waals surface area contributed by atoms with Gasteiger partial charge in [-0.25, -0.2) is 0 Å². The Kier molecular flexibility index (Phi) is 5.30. The van der Waals surface area contributed by atoms with Crippen LogP contribution in [0, 0.1) is 11.8 Å². The van der Waals surface area contributed by atoms with E-state index in [2.05, 4.69) is 25.7 Å². The maximum absolute atomic E-state index is 6.86. The van der Waals surface area contributed by atoms with Gasteiger partial charge in [0.2, 0.25) is 0 Å². The van der Waals surface area contributed by atoms with E-state index in [1.807, 2.05) is 0 Å². The molecule has 0 radical (unpaired) electrons. The summed E-state index contributed by atoms with van der Waals surface area (Å²) in [5.74, 6) is 1.66. The van der Waals surface area contributed by atoms with E-state index in [4.69, 9.17) is 5.73 Å². The Morgan fingerprint density at radius 2 is 1.74 bits per heavy atom. The minimum absolute atomic E-state index is 0.325. The van der Waals surface area contributed by atoms with Gasteiger partial charge >= 0.3 is 0 Å². The summed E-state index contributed by atoms with van der Waals surface area (Å²) >= 11 is 0. The highest BCUT2D eigenvalue weighted by atomic mass is 15.2. The quantitative estimate of drug-likeness (QED) is 0.820. The summed E-state index contributed by atoms with van der Waals surface area (Å²) in [6.07, 6.45) is 11.0. The van der Waals surface area contributed by atoms with Crippen molar-refractivity contribution in [3.05, 3.63) is 0 Å². The van der Waals surface area contributed by atoms with E-state index in [1.54, 1.807) is 0 Å². The van der Waals surface area contributed by atoms with Gasteiger partial charge in [-0.05, 0) is 50.6 Å². The molecule has 3 unspecified atom stereocenters. The molecule has 0 amide bonds. The first-order chi connectivity index (χ1) is 9.14. The van der Waals surface area contributed by atoms with Gasteiger partial charge in [0.1, 0.15) is 0 Å². The van der Waals surface area contributed by atoms with Crippen LogP contribution in [0.2, 0.25) is 0 Å². The molecular formula is C17H34N2. The molecule has 2 fully saturated rings. The van der Waals surface area contributed by atoms with Gasteiger partial charge in [0.15, 0.2) is 0 Å². The Bertz CT molecular complexity index is 266. The highest BCUT2D eigenvalue weighted by Crippen LogP contribution is 2.43. The van der Waals surface area contributed by atoms with Gasteiger partial charge in [-0.15, -0.1) is 0 Å². The first-order valence-corrected chi connectivity index (χ1v) is 8.64. The van der Waals surface area contributed by atoms with Gasteiger partial charge in [-0.2, -0.15) is 0 Å². The minimum Gasteiger partial charge on any atom is -0.326 e.